The van der Waals surface area contributed by atoms with E-state index in [4.69, 9.17) is 0 Å². The Bertz CT molecular complexity index is 1170. The van der Waals surface area contributed by atoms with Gasteiger partial charge in [0.2, 0.25) is 0 Å². The number of aromatic hydroxyl groups is 2. The fourth-order valence-corrected chi connectivity index (χ4v) is 3.21. The first kappa shape index (κ1) is 17.2. The third kappa shape index (κ3) is 2.64. The van der Waals surface area contributed by atoms with Gasteiger partial charge in [-0.1, -0.05) is 18.2 Å². The second kappa shape index (κ2) is 6.20. The zero-order chi connectivity index (χ0) is 20.0. The molecule has 3 aromatic rings. The van der Waals surface area contributed by atoms with Crippen molar-refractivity contribution in [2.24, 2.45) is 0 Å². The maximum Gasteiger partial charge on any atom is 0.273 e. The second-order valence-corrected chi connectivity index (χ2v) is 6.21. The summed E-state index contributed by atoms with van der Waals surface area (Å²) >= 11 is 0. The van der Waals surface area contributed by atoms with Crippen LogP contribution in [0, 0.1) is 10.1 Å². The zero-order valence-electron chi connectivity index (χ0n) is 14.2. The topological polar surface area (TPSA) is 130 Å². The van der Waals surface area contributed by atoms with E-state index in [1.165, 1.54) is 12.1 Å². The Balaban J connectivity index is 1.86. The van der Waals surface area contributed by atoms with Gasteiger partial charge in [0.05, 0.1) is 22.1 Å². The fraction of sp³-hybridized carbons (Fsp3) is 0. The van der Waals surface area contributed by atoms with E-state index >= 15 is 0 Å². The number of phenols is 2. The highest BCUT2D eigenvalue weighted by Gasteiger charge is 2.36. The number of hydrogen-bond acceptors (Lipinski definition) is 7. The molecule has 0 spiro atoms. The molecule has 138 valence electrons. The summed E-state index contributed by atoms with van der Waals surface area (Å²) in [5.41, 5.74) is -0.440. The largest absolute Gasteiger partial charge is 0.507 e. The van der Waals surface area contributed by atoms with E-state index < -0.39 is 33.7 Å². The molecule has 4 rings (SSSR count). The van der Waals surface area contributed by atoms with Crippen LogP contribution in [0.4, 0.5) is 17.1 Å². The lowest BCUT2D eigenvalue weighted by Crippen LogP contribution is -2.21. The highest BCUT2D eigenvalue weighted by atomic mass is 16.6. The number of nitro groups is 1. The Morgan fingerprint density at radius 3 is 1.96 bits per heavy atom. The number of nitrogens with one attached hydrogen (secondary N) is 1. The lowest BCUT2D eigenvalue weighted by Gasteiger charge is -2.20. The first-order valence-electron chi connectivity index (χ1n) is 8.16. The molecule has 3 N–H and O–H groups in total. The Morgan fingerprint density at radius 1 is 0.786 bits per heavy atom. The number of para-hydroxylation sites is 1. The zero-order valence-corrected chi connectivity index (χ0v) is 14.2. The number of non-ortho nitro benzene ring substituents is 1. The van der Waals surface area contributed by atoms with Crippen molar-refractivity contribution in [1.29, 1.82) is 0 Å². The average Bonchev–Trinajstić information content (AvgIpc) is 2.66. The summed E-state index contributed by atoms with van der Waals surface area (Å²) in [6.45, 7) is 0. The van der Waals surface area contributed by atoms with Crippen LogP contribution in [-0.2, 0) is 0 Å². The van der Waals surface area contributed by atoms with Crippen LogP contribution in [-0.4, -0.2) is 26.7 Å². The highest BCUT2D eigenvalue weighted by Crippen LogP contribution is 2.40. The van der Waals surface area contributed by atoms with Gasteiger partial charge in [-0.15, -0.1) is 0 Å². The van der Waals surface area contributed by atoms with E-state index in [1.54, 1.807) is 24.3 Å². The van der Waals surface area contributed by atoms with Crippen molar-refractivity contribution in [2.75, 3.05) is 5.32 Å². The number of nitro benzene ring substituents is 1. The maximum absolute atomic E-state index is 12.9. The van der Waals surface area contributed by atoms with Crippen molar-refractivity contribution >= 4 is 28.6 Å². The quantitative estimate of drug-likeness (QED) is 0.368. The van der Waals surface area contributed by atoms with Gasteiger partial charge in [-0.3, -0.25) is 19.7 Å². The minimum Gasteiger partial charge on any atom is -0.507 e. The van der Waals surface area contributed by atoms with Crippen LogP contribution in [0.3, 0.4) is 0 Å². The molecule has 3 aromatic carbocycles. The number of fused-ring (bicyclic) bond motifs is 2. The van der Waals surface area contributed by atoms with E-state index in [0.29, 0.717) is 11.4 Å². The molecule has 0 bridgehead atoms. The Kier molecular flexibility index (Phi) is 3.82. The molecular formula is C20H12N2O6. The molecule has 28 heavy (non-hydrogen) atoms. The maximum atomic E-state index is 12.9. The van der Waals surface area contributed by atoms with Crippen molar-refractivity contribution < 1.29 is 24.7 Å². The molecule has 8 heteroatoms. The van der Waals surface area contributed by atoms with Crippen molar-refractivity contribution in [3.63, 3.8) is 0 Å². The molecule has 0 unspecified atom stereocenters. The van der Waals surface area contributed by atoms with E-state index in [0.717, 1.165) is 12.1 Å². The van der Waals surface area contributed by atoms with Gasteiger partial charge in [0.25, 0.3) is 5.69 Å². The van der Waals surface area contributed by atoms with Crippen LogP contribution in [0.15, 0.2) is 54.6 Å². The van der Waals surface area contributed by atoms with Crippen LogP contribution < -0.4 is 5.32 Å². The van der Waals surface area contributed by atoms with E-state index in [9.17, 15) is 29.9 Å². The van der Waals surface area contributed by atoms with Crippen molar-refractivity contribution in [1.82, 2.24) is 0 Å². The predicted molar refractivity (Wildman–Crippen MR) is 99.5 cm³/mol. The Hall–Kier alpha value is -4.20. The van der Waals surface area contributed by atoms with Crippen LogP contribution in [0.25, 0.3) is 0 Å². The number of carbonyl (C=O) groups excluding carboxylic acids is 2. The van der Waals surface area contributed by atoms with E-state index in [2.05, 4.69) is 5.32 Å². The number of hydrogen-bond donors (Lipinski definition) is 3. The van der Waals surface area contributed by atoms with Crippen LogP contribution in [0.2, 0.25) is 0 Å². The molecule has 0 atom stereocenters. The summed E-state index contributed by atoms with van der Waals surface area (Å²) in [7, 11) is 0. The van der Waals surface area contributed by atoms with Crippen LogP contribution >= 0.6 is 0 Å². The minimum absolute atomic E-state index is 0.0971. The monoisotopic (exact) mass is 376 g/mol. The number of nitrogens with zero attached hydrogens (tertiary/aromatic N) is 1. The standard InChI is InChI=1S/C20H12N2O6/c23-15-7-11(21-10-4-2-1-3-5-10)6-13-17(15)20(26)14-8-12(22(27)28)9-16(24)18(14)19(13)25/h1-9,21,23-24H. The lowest BCUT2D eigenvalue weighted by atomic mass is 9.82. The smallest absolute Gasteiger partial charge is 0.273 e. The highest BCUT2D eigenvalue weighted by molar-refractivity contribution is 6.30. The van der Waals surface area contributed by atoms with Crippen molar-refractivity contribution in [3.05, 3.63) is 87.0 Å². The molecule has 0 heterocycles. The Labute approximate surface area is 157 Å². The summed E-state index contributed by atoms with van der Waals surface area (Å²) in [4.78, 5) is 35.9. The van der Waals surface area contributed by atoms with Gasteiger partial charge < -0.3 is 15.5 Å². The van der Waals surface area contributed by atoms with Crippen molar-refractivity contribution in [2.45, 2.75) is 0 Å². The normalized spacial score (nSPS) is 12.3. The molecule has 0 amide bonds. The van der Waals surface area contributed by atoms with Gasteiger partial charge in [0.1, 0.15) is 11.5 Å². The molecule has 0 fully saturated rings. The molecule has 1 aliphatic carbocycles. The summed E-state index contributed by atoms with van der Waals surface area (Å²) in [6, 6.07) is 13.4. The first-order valence-corrected chi connectivity index (χ1v) is 8.16. The SMILES string of the molecule is O=C1c2cc([N+](=O)[O-])cc(O)c2C(=O)c2cc(Nc3ccccc3)cc(O)c21. The summed E-state index contributed by atoms with van der Waals surface area (Å²) in [5, 5.41) is 34.5. The number of anilines is 2. The lowest BCUT2D eigenvalue weighted by molar-refractivity contribution is -0.385. The molecule has 0 aliphatic heterocycles. The third-order valence-electron chi connectivity index (χ3n) is 4.44. The predicted octanol–water partition coefficient (Wildman–Crippen LogP) is 3.53. The number of benzene rings is 3. The molecule has 0 saturated carbocycles. The molecule has 0 radical (unpaired) electrons. The third-order valence-corrected chi connectivity index (χ3v) is 4.44. The van der Waals surface area contributed by atoms with Gasteiger partial charge in [0.15, 0.2) is 11.6 Å². The number of ketones is 2. The first-order chi connectivity index (χ1) is 13.4. The molecule has 8 nitrogen and oxygen atoms in total. The molecule has 0 saturated heterocycles. The number of carbonyl (C=O) groups is 2. The van der Waals surface area contributed by atoms with E-state index in [1.807, 2.05) is 6.07 Å². The van der Waals surface area contributed by atoms with Crippen LogP contribution in [0.1, 0.15) is 31.8 Å². The van der Waals surface area contributed by atoms with Gasteiger partial charge in [-0.2, -0.15) is 0 Å². The summed E-state index contributed by atoms with van der Waals surface area (Å²) in [5.74, 6) is -2.57. The Morgan fingerprint density at radius 2 is 1.36 bits per heavy atom. The second-order valence-electron chi connectivity index (χ2n) is 6.21. The molecule has 0 aromatic heterocycles. The van der Waals surface area contributed by atoms with Gasteiger partial charge in [-0.05, 0) is 18.2 Å². The fourth-order valence-electron chi connectivity index (χ4n) is 3.21. The number of phenolic OH excluding ortho intramolecular Hbond substituents is 2. The number of rotatable bonds is 3. The van der Waals surface area contributed by atoms with Gasteiger partial charge in [0, 0.05) is 34.6 Å². The minimum atomic E-state index is -0.778. The van der Waals surface area contributed by atoms with E-state index in [-0.39, 0.29) is 22.3 Å². The van der Waals surface area contributed by atoms with Gasteiger partial charge >= 0.3 is 0 Å². The van der Waals surface area contributed by atoms with Crippen LogP contribution in [0.5, 0.6) is 11.5 Å². The summed E-state index contributed by atoms with van der Waals surface area (Å²) < 4.78 is 0. The molecule has 1 aliphatic rings. The molecular weight excluding hydrogens is 364 g/mol. The van der Waals surface area contributed by atoms with Gasteiger partial charge in [-0.25, -0.2) is 0 Å². The summed E-state index contributed by atoms with van der Waals surface area (Å²) in [6.07, 6.45) is 0. The average molecular weight is 376 g/mol. The van der Waals surface area contributed by atoms with Crippen molar-refractivity contribution in [3.8, 4) is 11.5 Å².